The van der Waals surface area contributed by atoms with Crippen LogP contribution in [0, 0.1) is 5.92 Å². The zero-order valence-corrected chi connectivity index (χ0v) is 9.32. The zero-order chi connectivity index (χ0) is 10.8. The number of morpholine rings is 1. The quantitative estimate of drug-likeness (QED) is 0.719. The van der Waals surface area contributed by atoms with E-state index >= 15 is 0 Å². The highest BCUT2D eigenvalue weighted by Crippen LogP contribution is 2.29. The predicted octanol–water partition coefficient (Wildman–Crippen LogP) is 0.361. The molecule has 2 N–H and O–H groups in total. The van der Waals surface area contributed by atoms with Gasteiger partial charge in [-0.25, -0.2) is 0 Å². The van der Waals surface area contributed by atoms with Gasteiger partial charge in [0.05, 0.1) is 12.2 Å². The summed E-state index contributed by atoms with van der Waals surface area (Å²) in [5.74, 6) is 0.601. The molecule has 0 aromatic rings. The van der Waals surface area contributed by atoms with E-state index < -0.39 is 0 Å². The molecular weight excluding hydrogens is 192 g/mol. The van der Waals surface area contributed by atoms with E-state index in [9.17, 15) is 4.79 Å². The summed E-state index contributed by atoms with van der Waals surface area (Å²) in [6.07, 6.45) is 3.49. The first-order valence-electron chi connectivity index (χ1n) is 5.85. The molecule has 1 saturated carbocycles. The van der Waals surface area contributed by atoms with Crippen molar-refractivity contribution in [3.8, 4) is 0 Å². The van der Waals surface area contributed by atoms with Crippen molar-refractivity contribution in [1.29, 1.82) is 0 Å². The highest BCUT2D eigenvalue weighted by molar-refractivity contribution is 5.79. The molecule has 4 heteroatoms. The van der Waals surface area contributed by atoms with Crippen LogP contribution in [0.3, 0.4) is 0 Å². The van der Waals surface area contributed by atoms with Crippen LogP contribution in [0.15, 0.2) is 0 Å². The molecule has 1 aliphatic carbocycles. The smallest absolute Gasteiger partial charge is 0.225 e. The number of carbonyl (C=O) groups excluding carboxylic acids is 1. The summed E-state index contributed by atoms with van der Waals surface area (Å²) in [6, 6.07) is 0. The average Bonchev–Trinajstić information content (AvgIpc) is 2.14. The highest BCUT2D eigenvalue weighted by atomic mass is 16.5. The van der Waals surface area contributed by atoms with Crippen molar-refractivity contribution in [3.05, 3.63) is 0 Å². The van der Waals surface area contributed by atoms with Gasteiger partial charge in [-0.2, -0.15) is 0 Å². The van der Waals surface area contributed by atoms with Gasteiger partial charge in [0.15, 0.2) is 0 Å². The van der Waals surface area contributed by atoms with Crippen LogP contribution in [0.5, 0.6) is 0 Å². The fraction of sp³-hybridized carbons (Fsp3) is 0.909. The summed E-state index contributed by atoms with van der Waals surface area (Å²) in [5, 5.41) is 0. The Labute approximate surface area is 90.8 Å². The second kappa shape index (κ2) is 4.49. The van der Waals surface area contributed by atoms with E-state index in [4.69, 9.17) is 10.5 Å². The third-order valence-electron chi connectivity index (χ3n) is 3.36. The lowest BCUT2D eigenvalue weighted by Gasteiger charge is -2.39. The molecule has 2 rings (SSSR count). The summed E-state index contributed by atoms with van der Waals surface area (Å²) in [6.45, 7) is 3.91. The standard InChI is InChI=1S/C11H20N2O2/c1-8-6-13(7-10(5-12)15-8)11(14)9-3-2-4-9/h8-10H,2-7,12H2,1H3. The minimum absolute atomic E-state index is 0.0257. The van der Waals surface area contributed by atoms with Gasteiger partial charge in [0.2, 0.25) is 5.91 Å². The van der Waals surface area contributed by atoms with E-state index in [1.54, 1.807) is 0 Å². The van der Waals surface area contributed by atoms with Crippen LogP contribution in [-0.4, -0.2) is 42.6 Å². The maximum absolute atomic E-state index is 12.0. The van der Waals surface area contributed by atoms with Gasteiger partial charge in [0, 0.05) is 25.6 Å². The number of amides is 1. The number of hydrogen-bond donors (Lipinski definition) is 1. The van der Waals surface area contributed by atoms with Crippen molar-refractivity contribution in [1.82, 2.24) is 4.90 Å². The van der Waals surface area contributed by atoms with Crippen molar-refractivity contribution < 1.29 is 9.53 Å². The molecule has 2 fully saturated rings. The van der Waals surface area contributed by atoms with Crippen LogP contribution in [0.25, 0.3) is 0 Å². The molecule has 0 aromatic carbocycles. The second-order valence-corrected chi connectivity index (χ2v) is 4.68. The normalized spacial score (nSPS) is 32.5. The third kappa shape index (κ3) is 2.32. The van der Waals surface area contributed by atoms with Gasteiger partial charge in [-0.05, 0) is 19.8 Å². The third-order valence-corrected chi connectivity index (χ3v) is 3.36. The molecule has 15 heavy (non-hydrogen) atoms. The molecule has 4 nitrogen and oxygen atoms in total. The van der Waals surface area contributed by atoms with E-state index in [0.29, 0.717) is 19.0 Å². The Bertz CT molecular complexity index is 241. The Hall–Kier alpha value is -0.610. The molecule has 1 saturated heterocycles. The SMILES string of the molecule is CC1CN(C(=O)C2CCC2)CC(CN)O1. The van der Waals surface area contributed by atoms with Gasteiger partial charge in [0.25, 0.3) is 0 Å². The summed E-state index contributed by atoms with van der Waals surface area (Å²) < 4.78 is 5.63. The molecule has 1 heterocycles. The molecule has 2 atom stereocenters. The molecular formula is C11H20N2O2. The number of ether oxygens (including phenoxy) is 1. The maximum Gasteiger partial charge on any atom is 0.225 e. The first-order chi connectivity index (χ1) is 7.20. The molecule has 2 unspecified atom stereocenters. The Morgan fingerprint density at radius 1 is 1.47 bits per heavy atom. The van der Waals surface area contributed by atoms with Gasteiger partial charge < -0.3 is 15.4 Å². The molecule has 0 spiro atoms. The van der Waals surface area contributed by atoms with E-state index in [1.165, 1.54) is 6.42 Å². The van der Waals surface area contributed by atoms with Crippen molar-refractivity contribution >= 4 is 5.91 Å². The molecule has 86 valence electrons. The number of hydrogen-bond acceptors (Lipinski definition) is 3. The Morgan fingerprint density at radius 3 is 2.73 bits per heavy atom. The van der Waals surface area contributed by atoms with Crippen molar-refractivity contribution in [2.24, 2.45) is 11.7 Å². The van der Waals surface area contributed by atoms with Gasteiger partial charge in [-0.1, -0.05) is 6.42 Å². The van der Waals surface area contributed by atoms with Gasteiger partial charge in [0.1, 0.15) is 0 Å². The molecule has 1 amide bonds. The van der Waals surface area contributed by atoms with E-state index in [1.807, 2.05) is 11.8 Å². The van der Waals surface area contributed by atoms with Crippen LogP contribution < -0.4 is 5.73 Å². The molecule has 0 bridgehead atoms. The lowest BCUT2D eigenvalue weighted by Crippen LogP contribution is -2.53. The second-order valence-electron chi connectivity index (χ2n) is 4.68. The van der Waals surface area contributed by atoms with Crippen LogP contribution >= 0.6 is 0 Å². The topological polar surface area (TPSA) is 55.6 Å². The molecule has 2 aliphatic rings. The molecule has 1 aliphatic heterocycles. The zero-order valence-electron chi connectivity index (χ0n) is 9.32. The van der Waals surface area contributed by atoms with Crippen LogP contribution in [0.2, 0.25) is 0 Å². The lowest BCUT2D eigenvalue weighted by atomic mass is 9.84. The van der Waals surface area contributed by atoms with Gasteiger partial charge in [-0.3, -0.25) is 4.79 Å². The number of nitrogens with zero attached hydrogens (tertiary/aromatic N) is 1. The summed E-state index contributed by atoms with van der Waals surface area (Å²) >= 11 is 0. The fourth-order valence-electron chi connectivity index (χ4n) is 2.27. The minimum Gasteiger partial charge on any atom is -0.370 e. The van der Waals surface area contributed by atoms with Crippen LogP contribution in [0.1, 0.15) is 26.2 Å². The van der Waals surface area contributed by atoms with Gasteiger partial charge >= 0.3 is 0 Å². The van der Waals surface area contributed by atoms with E-state index in [-0.39, 0.29) is 18.1 Å². The first kappa shape index (κ1) is 10.9. The van der Waals surface area contributed by atoms with Crippen molar-refractivity contribution in [2.45, 2.75) is 38.4 Å². The minimum atomic E-state index is 0.0257. The predicted molar refractivity (Wildman–Crippen MR) is 57.3 cm³/mol. The Balaban J connectivity index is 1.92. The lowest BCUT2D eigenvalue weighted by molar-refractivity contribution is -0.150. The molecule has 0 radical (unpaired) electrons. The molecule has 0 aromatic heterocycles. The first-order valence-corrected chi connectivity index (χ1v) is 5.85. The average molecular weight is 212 g/mol. The number of carbonyl (C=O) groups is 1. The number of rotatable bonds is 2. The number of nitrogens with two attached hydrogens (primary N) is 1. The summed E-state index contributed by atoms with van der Waals surface area (Å²) in [5.41, 5.74) is 5.59. The Morgan fingerprint density at radius 2 is 2.20 bits per heavy atom. The van der Waals surface area contributed by atoms with Crippen LogP contribution in [0.4, 0.5) is 0 Å². The van der Waals surface area contributed by atoms with E-state index in [2.05, 4.69) is 0 Å². The Kier molecular flexibility index (Phi) is 3.26. The maximum atomic E-state index is 12.0. The summed E-state index contributed by atoms with van der Waals surface area (Å²) in [4.78, 5) is 14.0. The van der Waals surface area contributed by atoms with Gasteiger partial charge in [-0.15, -0.1) is 0 Å². The largest absolute Gasteiger partial charge is 0.370 e. The van der Waals surface area contributed by atoms with E-state index in [0.717, 1.165) is 19.4 Å². The summed E-state index contributed by atoms with van der Waals surface area (Å²) in [7, 11) is 0. The monoisotopic (exact) mass is 212 g/mol. The highest BCUT2D eigenvalue weighted by Gasteiger charge is 2.33. The van der Waals surface area contributed by atoms with Crippen LogP contribution in [-0.2, 0) is 9.53 Å². The van der Waals surface area contributed by atoms with Crippen molar-refractivity contribution in [3.63, 3.8) is 0 Å². The van der Waals surface area contributed by atoms with Crippen molar-refractivity contribution in [2.75, 3.05) is 19.6 Å². The fourth-order valence-corrected chi connectivity index (χ4v) is 2.27.